The highest BCUT2D eigenvalue weighted by Crippen LogP contribution is 2.10. The van der Waals surface area contributed by atoms with E-state index < -0.39 is 5.95 Å². The van der Waals surface area contributed by atoms with Gasteiger partial charge in [-0.2, -0.15) is 4.39 Å². The number of nitrogens with zero attached hydrogens (tertiary/aromatic N) is 2. The lowest BCUT2D eigenvalue weighted by Crippen LogP contribution is -1.85. The number of halogens is 1. The first-order valence-corrected chi connectivity index (χ1v) is 3.23. The highest BCUT2D eigenvalue weighted by atomic mass is 19.1. The molecule has 0 aromatic carbocycles. The van der Waals surface area contributed by atoms with Gasteiger partial charge in [0.25, 0.3) is 0 Å². The first-order valence-electron chi connectivity index (χ1n) is 3.23. The summed E-state index contributed by atoms with van der Waals surface area (Å²) < 4.78 is 12.8. The van der Waals surface area contributed by atoms with Gasteiger partial charge in [0, 0.05) is 17.8 Å². The van der Waals surface area contributed by atoms with Crippen LogP contribution in [-0.2, 0) is 0 Å². The van der Waals surface area contributed by atoms with E-state index in [2.05, 4.69) is 9.97 Å². The van der Waals surface area contributed by atoms with Gasteiger partial charge < -0.3 is 0 Å². The maximum atomic E-state index is 12.8. The van der Waals surface area contributed by atoms with Gasteiger partial charge in [-0.1, -0.05) is 6.07 Å². The van der Waals surface area contributed by atoms with Crippen LogP contribution in [0.25, 0.3) is 10.9 Å². The van der Waals surface area contributed by atoms with Gasteiger partial charge in [-0.05, 0) is 12.1 Å². The van der Waals surface area contributed by atoms with Crippen molar-refractivity contribution in [2.75, 3.05) is 0 Å². The molecule has 0 saturated heterocycles. The summed E-state index contributed by atoms with van der Waals surface area (Å²) in [6, 6.07) is 5.29. The predicted molar refractivity (Wildman–Crippen MR) is 39.5 cm³/mol. The molecule has 0 atom stereocenters. The molecule has 0 fully saturated rings. The lowest BCUT2D eigenvalue weighted by molar-refractivity contribution is 0.594. The van der Waals surface area contributed by atoms with E-state index in [1.54, 1.807) is 24.4 Å². The number of pyridine rings is 2. The van der Waals surface area contributed by atoms with Crippen molar-refractivity contribution in [1.29, 1.82) is 0 Å². The topological polar surface area (TPSA) is 25.8 Å². The summed E-state index contributed by atoms with van der Waals surface area (Å²) >= 11 is 0. The van der Waals surface area contributed by atoms with Crippen LogP contribution >= 0.6 is 0 Å². The monoisotopic (exact) mass is 148 g/mol. The first-order chi connectivity index (χ1) is 5.38. The lowest BCUT2D eigenvalue weighted by Gasteiger charge is -1.94. The Morgan fingerprint density at radius 3 is 2.82 bits per heavy atom. The van der Waals surface area contributed by atoms with E-state index in [1.807, 2.05) is 0 Å². The highest BCUT2D eigenvalue weighted by molar-refractivity contribution is 5.77. The van der Waals surface area contributed by atoms with E-state index in [9.17, 15) is 4.39 Å². The van der Waals surface area contributed by atoms with Crippen LogP contribution in [0.1, 0.15) is 0 Å². The molecular formula is C8H5FN2. The second-order valence-electron chi connectivity index (χ2n) is 2.18. The van der Waals surface area contributed by atoms with Crippen LogP contribution in [0, 0.1) is 5.95 Å². The molecule has 0 bridgehead atoms. The minimum atomic E-state index is -0.511. The smallest absolute Gasteiger partial charge is 0.239 e. The second kappa shape index (κ2) is 2.27. The molecule has 0 saturated carbocycles. The van der Waals surface area contributed by atoms with Crippen LogP contribution in [0.15, 0.2) is 30.6 Å². The molecule has 2 aromatic rings. The standard InChI is InChI=1S/C8H5FN2/c9-8-7-6(3-5-11-8)2-1-4-10-7/h1-5H. The zero-order valence-corrected chi connectivity index (χ0v) is 5.66. The van der Waals surface area contributed by atoms with E-state index in [1.165, 1.54) is 6.20 Å². The average Bonchev–Trinajstić information content (AvgIpc) is 2.06. The van der Waals surface area contributed by atoms with Crippen molar-refractivity contribution in [3.05, 3.63) is 36.5 Å². The third-order valence-electron chi connectivity index (χ3n) is 1.48. The van der Waals surface area contributed by atoms with Gasteiger partial charge in [-0.3, -0.25) is 4.98 Å². The van der Waals surface area contributed by atoms with Gasteiger partial charge in [0.05, 0.1) is 0 Å². The molecule has 3 heteroatoms. The molecule has 0 radical (unpaired) electrons. The van der Waals surface area contributed by atoms with Crippen LogP contribution in [0.3, 0.4) is 0 Å². The number of hydrogen-bond donors (Lipinski definition) is 0. The van der Waals surface area contributed by atoms with Crippen molar-refractivity contribution in [1.82, 2.24) is 9.97 Å². The molecule has 11 heavy (non-hydrogen) atoms. The normalized spacial score (nSPS) is 10.3. The second-order valence-corrected chi connectivity index (χ2v) is 2.18. The fraction of sp³-hybridized carbons (Fsp3) is 0. The van der Waals surface area contributed by atoms with Gasteiger partial charge in [-0.25, -0.2) is 4.98 Å². The molecule has 0 amide bonds. The summed E-state index contributed by atoms with van der Waals surface area (Å²) in [5.41, 5.74) is 0.329. The van der Waals surface area contributed by atoms with E-state index in [0.29, 0.717) is 5.52 Å². The molecule has 0 spiro atoms. The van der Waals surface area contributed by atoms with Crippen LogP contribution in [0.2, 0.25) is 0 Å². The molecule has 2 nitrogen and oxygen atoms in total. The molecule has 0 aliphatic heterocycles. The van der Waals surface area contributed by atoms with Crippen LogP contribution in [0.4, 0.5) is 4.39 Å². The third kappa shape index (κ3) is 0.941. The fourth-order valence-corrected chi connectivity index (χ4v) is 0.969. The van der Waals surface area contributed by atoms with Crippen molar-refractivity contribution < 1.29 is 4.39 Å². The van der Waals surface area contributed by atoms with Gasteiger partial charge >= 0.3 is 0 Å². The zero-order valence-electron chi connectivity index (χ0n) is 5.66. The third-order valence-corrected chi connectivity index (χ3v) is 1.48. The Bertz CT molecular complexity index is 381. The summed E-state index contributed by atoms with van der Waals surface area (Å²) in [5.74, 6) is -0.511. The summed E-state index contributed by atoms with van der Waals surface area (Å²) in [4.78, 5) is 7.32. The van der Waals surface area contributed by atoms with Crippen LogP contribution in [0.5, 0.6) is 0 Å². The van der Waals surface area contributed by atoms with Gasteiger partial charge in [0.15, 0.2) is 0 Å². The summed E-state index contributed by atoms with van der Waals surface area (Å²) in [5, 5.41) is 0.778. The largest absolute Gasteiger partial charge is 0.251 e. The molecule has 0 N–H and O–H groups in total. The lowest BCUT2D eigenvalue weighted by atomic mass is 10.3. The molecule has 2 heterocycles. The zero-order chi connectivity index (χ0) is 7.68. The summed E-state index contributed by atoms with van der Waals surface area (Å²) in [6.45, 7) is 0. The molecule has 0 aliphatic rings. The molecule has 0 unspecified atom stereocenters. The Morgan fingerprint density at radius 2 is 2.00 bits per heavy atom. The van der Waals surface area contributed by atoms with Crippen molar-refractivity contribution in [3.63, 3.8) is 0 Å². The molecule has 54 valence electrons. The molecular weight excluding hydrogens is 143 g/mol. The van der Waals surface area contributed by atoms with E-state index in [0.717, 1.165) is 5.39 Å². The Morgan fingerprint density at radius 1 is 1.09 bits per heavy atom. The Kier molecular flexibility index (Phi) is 1.28. The molecule has 0 aliphatic carbocycles. The van der Waals surface area contributed by atoms with Crippen LogP contribution < -0.4 is 0 Å². The minimum Gasteiger partial charge on any atom is -0.251 e. The molecule has 2 rings (SSSR count). The average molecular weight is 148 g/mol. The van der Waals surface area contributed by atoms with E-state index in [4.69, 9.17) is 0 Å². The Balaban J connectivity index is 2.91. The predicted octanol–water partition coefficient (Wildman–Crippen LogP) is 1.77. The molecule has 2 aromatic heterocycles. The minimum absolute atomic E-state index is 0.329. The maximum absolute atomic E-state index is 12.8. The number of hydrogen-bond acceptors (Lipinski definition) is 2. The fourth-order valence-electron chi connectivity index (χ4n) is 0.969. The Hall–Kier alpha value is -1.51. The number of rotatable bonds is 0. The van der Waals surface area contributed by atoms with Crippen LogP contribution in [-0.4, -0.2) is 9.97 Å². The Labute approximate surface area is 62.7 Å². The van der Waals surface area contributed by atoms with Gasteiger partial charge in [-0.15, -0.1) is 0 Å². The number of aromatic nitrogens is 2. The highest BCUT2D eigenvalue weighted by Gasteiger charge is 1.98. The first kappa shape index (κ1) is 6.22. The van der Waals surface area contributed by atoms with Crippen molar-refractivity contribution in [2.24, 2.45) is 0 Å². The van der Waals surface area contributed by atoms with Crippen molar-refractivity contribution >= 4 is 10.9 Å². The van der Waals surface area contributed by atoms with Crippen molar-refractivity contribution in [2.45, 2.75) is 0 Å². The van der Waals surface area contributed by atoms with E-state index >= 15 is 0 Å². The van der Waals surface area contributed by atoms with Crippen molar-refractivity contribution in [3.8, 4) is 0 Å². The summed E-state index contributed by atoms with van der Waals surface area (Å²) in [6.07, 6.45) is 2.98. The summed E-state index contributed by atoms with van der Waals surface area (Å²) in [7, 11) is 0. The number of fused-ring (bicyclic) bond motifs is 1. The maximum Gasteiger partial charge on any atom is 0.239 e. The SMILES string of the molecule is Fc1nccc2cccnc12. The van der Waals surface area contributed by atoms with Gasteiger partial charge in [0.2, 0.25) is 5.95 Å². The van der Waals surface area contributed by atoms with E-state index in [-0.39, 0.29) is 0 Å². The van der Waals surface area contributed by atoms with Gasteiger partial charge in [0.1, 0.15) is 5.52 Å². The quantitative estimate of drug-likeness (QED) is 0.532.